The summed E-state index contributed by atoms with van der Waals surface area (Å²) in [5.41, 5.74) is 1.63. The number of anilines is 1. The Hall–Kier alpha value is -2.34. The fraction of sp³-hybridized carbons (Fsp3) is 0.381. The lowest BCUT2D eigenvalue weighted by atomic mass is 9.79. The number of hydrogen-bond donors (Lipinski definition) is 3. The van der Waals surface area contributed by atoms with Crippen LogP contribution in [-0.4, -0.2) is 27.0 Å². The second-order valence-corrected chi connectivity index (χ2v) is 9.59. The number of hydrogen-bond acceptors (Lipinski definition) is 7. The van der Waals surface area contributed by atoms with Crippen LogP contribution in [0.4, 0.5) is 18.3 Å². The van der Waals surface area contributed by atoms with Gasteiger partial charge in [-0.3, -0.25) is 4.79 Å². The van der Waals surface area contributed by atoms with Gasteiger partial charge in [0.25, 0.3) is 0 Å². The number of nitrogens with one attached hydrogen (secondary N) is 2. The van der Waals surface area contributed by atoms with Crippen LogP contribution in [-0.2, 0) is 24.1 Å². The number of thiazole rings is 2. The zero-order valence-electron chi connectivity index (χ0n) is 17.1. The van der Waals surface area contributed by atoms with Crippen molar-refractivity contribution in [3.8, 4) is 10.6 Å². The topological polar surface area (TPSA) is 87.1 Å². The summed E-state index contributed by atoms with van der Waals surface area (Å²) in [7, 11) is 0. The minimum Gasteiger partial charge on any atom is -0.389 e. The van der Waals surface area contributed by atoms with Crippen molar-refractivity contribution in [2.75, 3.05) is 5.32 Å². The van der Waals surface area contributed by atoms with Crippen LogP contribution in [0, 0.1) is 12.8 Å². The molecule has 1 saturated carbocycles. The number of nitrogens with zero attached hydrogens (tertiary/aromatic N) is 2. The second kappa shape index (κ2) is 9.26. The van der Waals surface area contributed by atoms with Crippen LogP contribution >= 0.6 is 22.7 Å². The van der Waals surface area contributed by atoms with Crippen LogP contribution in [0.25, 0.3) is 10.6 Å². The Bertz CT molecular complexity index is 1090. The minimum atomic E-state index is -4.33. The zero-order valence-corrected chi connectivity index (χ0v) is 18.7. The summed E-state index contributed by atoms with van der Waals surface area (Å²) in [5, 5.41) is 18.4. The molecule has 4 rings (SSSR count). The fourth-order valence-corrected chi connectivity index (χ4v) is 5.14. The fourth-order valence-electron chi connectivity index (χ4n) is 3.47. The van der Waals surface area contributed by atoms with Gasteiger partial charge in [-0.2, -0.15) is 13.2 Å². The number of halogens is 3. The van der Waals surface area contributed by atoms with E-state index < -0.39 is 11.7 Å². The Balaban J connectivity index is 1.24. The summed E-state index contributed by atoms with van der Waals surface area (Å²) in [4.78, 5) is 22.1. The number of carbonyl (C=O) groups is 1. The molecule has 0 saturated heterocycles. The van der Waals surface area contributed by atoms with Gasteiger partial charge in [-0.1, -0.05) is 12.1 Å². The standard InChI is InChI=1S/C21H21F3N4O2S2/c1-11-18(32-17(9-29)26-11)16-10-31-20(27-16)28-19(30)13-6-15(7-13)25-8-12-2-4-14(5-3-12)21(22,23)24/h2-5,10,13,15,25,29H,6-9H2,1H3,(H,27,28,30). The number of amides is 1. The number of benzene rings is 1. The largest absolute Gasteiger partial charge is 0.416 e. The lowest BCUT2D eigenvalue weighted by Gasteiger charge is -2.34. The molecule has 2 heterocycles. The van der Waals surface area contributed by atoms with Gasteiger partial charge < -0.3 is 15.7 Å². The first kappa shape index (κ1) is 22.8. The molecule has 1 amide bonds. The molecule has 0 atom stereocenters. The number of aryl methyl sites for hydroxylation is 1. The minimum absolute atomic E-state index is 0.0875. The smallest absolute Gasteiger partial charge is 0.389 e. The Morgan fingerprint density at radius 2 is 1.94 bits per heavy atom. The Labute approximate surface area is 190 Å². The lowest BCUT2D eigenvalue weighted by molar-refractivity contribution is -0.137. The van der Waals surface area contributed by atoms with E-state index in [1.165, 1.54) is 34.8 Å². The average molecular weight is 483 g/mol. The molecule has 1 aromatic carbocycles. The quantitative estimate of drug-likeness (QED) is 0.459. The Kier molecular flexibility index (Phi) is 6.61. The molecule has 3 aromatic rings. The Morgan fingerprint density at radius 1 is 1.22 bits per heavy atom. The number of aliphatic hydroxyl groups excluding tert-OH is 1. The van der Waals surface area contributed by atoms with E-state index >= 15 is 0 Å². The molecule has 11 heteroatoms. The molecule has 0 aliphatic heterocycles. The summed E-state index contributed by atoms with van der Waals surface area (Å²) in [5.74, 6) is -0.214. The number of alkyl halides is 3. The molecule has 32 heavy (non-hydrogen) atoms. The molecular formula is C21H21F3N4O2S2. The third-order valence-corrected chi connectivity index (χ3v) is 7.25. The molecule has 3 N–H and O–H groups in total. The van der Waals surface area contributed by atoms with Crippen LogP contribution in [0.2, 0.25) is 0 Å². The van der Waals surface area contributed by atoms with Crippen molar-refractivity contribution in [2.24, 2.45) is 5.92 Å². The number of rotatable bonds is 7. The van der Waals surface area contributed by atoms with Gasteiger partial charge in [0.2, 0.25) is 5.91 Å². The predicted molar refractivity (Wildman–Crippen MR) is 117 cm³/mol. The first-order chi connectivity index (χ1) is 15.2. The van der Waals surface area contributed by atoms with Crippen molar-refractivity contribution in [2.45, 2.75) is 45.1 Å². The SMILES string of the molecule is Cc1nc(CO)sc1-c1csc(NC(=O)C2CC(NCc3ccc(C(F)(F)F)cc3)C2)n1. The summed E-state index contributed by atoms with van der Waals surface area (Å²) >= 11 is 2.72. The molecule has 0 spiro atoms. The molecule has 6 nitrogen and oxygen atoms in total. The van der Waals surface area contributed by atoms with Crippen molar-refractivity contribution in [1.29, 1.82) is 0 Å². The molecule has 1 aliphatic carbocycles. The van der Waals surface area contributed by atoms with Gasteiger partial charge in [0, 0.05) is 23.9 Å². The third kappa shape index (κ3) is 5.17. The van der Waals surface area contributed by atoms with Gasteiger partial charge in [0.15, 0.2) is 5.13 Å². The van der Waals surface area contributed by atoms with Crippen LogP contribution < -0.4 is 10.6 Å². The highest BCUT2D eigenvalue weighted by molar-refractivity contribution is 7.17. The number of aromatic nitrogens is 2. The maximum absolute atomic E-state index is 12.6. The zero-order chi connectivity index (χ0) is 22.9. The molecule has 0 radical (unpaired) electrons. The van der Waals surface area contributed by atoms with E-state index in [0.717, 1.165) is 34.0 Å². The molecule has 1 aliphatic rings. The number of aliphatic hydroxyl groups is 1. The summed E-state index contributed by atoms with van der Waals surface area (Å²) in [6, 6.07) is 5.24. The van der Waals surface area contributed by atoms with Crippen molar-refractivity contribution < 1.29 is 23.1 Å². The highest BCUT2D eigenvalue weighted by Crippen LogP contribution is 2.34. The molecule has 0 bridgehead atoms. The summed E-state index contributed by atoms with van der Waals surface area (Å²) in [6.45, 7) is 2.20. The highest BCUT2D eigenvalue weighted by atomic mass is 32.1. The van der Waals surface area contributed by atoms with Crippen molar-refractivity contribution in [3.63, 3.8) is 0 Å². The monoisotopic (exact) mass is 482 g/mol. The molecular weight excluding hydrogens is 461 g/mol. The van der Waals surface area contributed by atoms with Crippen molar-refractivity contribution in [3.05, 3.63) is 51.5 Å². The average Bonchev–Trinajstić information content (AvgIpc) is 3.32. The van der Waals surface area contributed by atoms with E-state index in [-0.39, 0.29) is 24.5 Å². The second-order valence-electron chi connectivity index (χ2n) is 7.65. The van der Waals surface area contributed by atoms with Crippen molar-refractivity contribution >= 4 is 33.7 Å². The molecule has 0 unspecified atom stereocenters. The summed E-state index contributed by atoms with van der Waals surface area (Å²) < 4.78 is 37.9. The first-order valence-corrected chi connectivity index (χ1v) is 11.7. The third-order valence-electron chi connectivity index (χ3n) is 5.33. The van der Waals surface area contributed by atoms with Crippen LogP contribution in [0.3, 0.4) is 0 Å². The van der Waals surface area contributed by atoms with E-state index in [2.05, 4.69) is 20.6 Å². The molecule has 1 fully saturated rings. The van der Waals surface area contributed by atoms with E-state index in [4.69, 9.17) is 0 Å². The van der Waals surface area contributed by atoms with E-state index in [1.54, 1.807) is 0 Å². The van der Waals surface area contributed by atoms with Gasteiger partial charge >= 0.3 is 6.18 Å². The summed E-state index contributed by atoms with van der Waals surface area (Å²) in [6.07, 6.45) is -3.00. The first-order valence-electron chi connectivity index (χ1n) is 9.96. The normalized spacial score (nSPS) is 18.4. The van der Waals surface area contributed by atoms with Gasteiger partial charge in [-0.25, -0.2) is 9.97 Å². The van der Waals surface area contributed by atoms with Crippen molar-refractivity contribution in [1.82, 2.24) is 15.3 Å². The van der Waals surface area contributed by atoms with Gasteiger partial charge in [-0.15, -0.1) is 22.7 Å². The van der Waals surface area contributed by atoms with Gasteiger partial charge in [0.05, 0.1) is 28.4 Å². The predicted octanol–water partition coefficient (Wildman–Crippen LogP) is 4.59. The number of carbonyl (C=O) groups excluding carboxylic acids is 1. The molecule has 2 aromatic heterocycles. The molecule has 170 valence electrons. The van der Waals surface area contributed by atoms with Gasteiger partial charge in [0.1, 0.15) is 5.01 Å². The van der Waals surface area contributed by atoms with Crippen LogP contribution in [0.5, 0.6) is 0 Å². The van der Waals surface area contributed by atoms with Gasteiger partial charge in [-0.05, 0) is 37.5 Å². The van der Waals surface area contributed by atoms with E-state index in [1.807, 2.05) is 12.3 Å². The maximum Gasteiger partial charge on any atom is 0.416 e. The van der Waals surface area contributed by atoms with Crippen LogP contribution in [0.1, 0.15) is 34.7 Å². The highest BCUT2D eigenvalue weighted by Gasteiger charge is 2.34. The van der Waals surface area contributed by atoms with E-state index in [9.17, 15) is 23.1 Å². The lowest BCUT2D eigenvalue weighted by Crippen LogP contribution is -2.45. The Morgan fingerprint density at radius 3 is 2.56 bits per heavy atom. The van der Waals surface area contributed by atoms with E-state index in [0.29, 0.717) is 29.5 Å². The van der Waals surface area contributed by atoms with Crippen LogP contribution in [0.15, 0.2) is 29.6 Å². The maximum atomic E-state index is 12.6.